The minimum Gasteiger partial charge on any atom is -0.211 e. The maximum absolute atomic E-state index is 13.6. The molecule has 0 spiro atoms. The van der Waals surface area contributed by atoms with Gasteiger partial charge in [0, 0.05) is 10.7 Å². The van der Waals surface area contributed by atoms with E-state index in [1.165, 1.54) is 11.1 Å². The molecule has 0 aromatic carbocycles. The zero-order chi connectivity index (χ0) is 10.7. The van der Waals surface area contributed by atoms with Crippen LogP contribution in [0.2, 0.25) is 0 Å². The van der Waals surface area contributed by atoms with Crippen LogP contribution in [0.3, 0.4) is 0 Å². The zero-order valence-corrected chi connectivity index (χ0v) is 10.4. The van der Waals surface area contributed by atoms with Crippen LogP contribution >= 0.6 is 15.9 Å². The summed E-state index contributed by atoms with van der Waals surface area (Å²) < 4.78 is 13.6. The second kappa shape index (κ2) is 4.92. The van der Waals surface area contributed by atoms with E-state index >= 15 is 0 Å². The van der Waals surface area contributed by atoms with E-state index in [0.717, 1.165) is 6.42 Å². The fourth-order valence-electron chi connectivity index (χ4n) is 1.63. The summed E-state index contributed by atoms with van der Waals surface area (Å²) in [6.45, 7) is 6.11. The van der Waals surface area contributed by atoms with Crippen molar-refractivity contribution in [2.24, 2.45) is 5.92 Å². The van der Waals surface area contributed by atoms with Crippen LogP contribution in [-0.4, -0.2) is 4.83 Å². The summed E-state index contributed by atoms with van der Waals surface area (Å²) in [4.78, 5) is 0.137. The molecule has 0 bridgehead atoms. The van der Waals surface area contributed by atoms with Gasteiger partial charge in [-0.25, -0.2) is 4.39 Å². The Hall–Kier alpha value is -0.370. The summed E-state index contributed by atoms with van der Waals surface area (Å²) in [5, 5.41) is 0. The zero-order valence-electron chi connectivity index (χ0n) is 8.85. The van der Waals surface area contributed by atoms with E-state index in [0.29, 0.717) is 0 Å². The molecule has 0 nitrogen and oxygen atoms in total. The van der Waals surface area contributed by atoms with Crippen LogP contribution in [0, 0.1) is 5.92 Å². The number of rotatable bonds is 2. The smallest absolute Gasteiger partial charge is 0.108 e. The summed E-state index contributed by atoms with van der Waals surface area (Å²) in [6.07, 6.45) is 6.44. The van der Waals surface area contributed by atoms with Gasteiger partial charge in [0.2, 0.25) is 0 Å². The third kappa shape index (κ3) is 2.57. The molecular weight excluding hydrogens is 243 g/mol. The van der Waals surface area contributed by atoms with Gasteiger partial charge in [0.1, 0.15) is 5.83 Å². The van der Waals surface area contributed by atoms with Gasteiger partial charge in [0.05, 0.1) is 0 Å². The molecule has 2 unspecified atom stereocenters. The molecule has 1 aliphatic carbocycles. The second-order valence-electron chi connectivity index (χ2n) is 3.65. The monoisotopic (exact) mass is 258 g/mol. The highest BCUT2D eigenvalue weighted by Gasteiger charge is 2.19. The standard InChI is InChI=1S/C12H16BrF/c1-4-10-5-6-12(14)11(9(3)13)7-8(10)2/h5-7,9,11H,4H2,1-3H3. The molecule has 1 aliphatic rings. The Morgan fingerprint density at radius 2 is 2.14 bits per heavy atom. The molecule has 0 saturated carbocycles. The van der Waals surface area contributed by atoms with Crippen molar-refractivity contribution in [1.82, 2.24) is 0 Å². The summed E-state index contributed by atoms with van der Waals surface area (Å²) in [5.41, 5.74) is 2.41. The second-order valence-corrected chi connectivity index (χ2v) is 5.09. The Kier molecular flexibility index (Phi) is 4.11. The highest BCUT2D eigenvalue weighted by Crippen LogP contribution is 2.30. The molecule has 1 rings (SSSR count). The predicted octanol–water partition coefficient (Wildman–Crippen LogP) is 4.54. The lowest BCUT2D eigenvalue weighted by Gasteiger charge is -2.13. The van der Waals surface area contributed by atoms with E-state index in [4.69, 9.17) is 0 Å². The third-order valence-corrected chi connectivity index (χ3v) is 3.14. The lowest BCUT2D eigenvalue weighted by molar-refractivity contribution is 0.525. The van der Waals surface area contributed by atoms with E-state index in [-0.39, 0.29) is 16.6 Å². The summed E-state index contributed by atoms with van der Waals surface area (Å²) >= 11 is 3.43. The summed E-state index contributed by atoms with van der Waals surface area (Å²) in [5.74, 6) is -0.188. The molecule has 0 saturated heterocycles. The molecule has 0 aliphatic heterocycles. The molecular formula is C12H16BrF. The first kappa shape index (κ1) is 11.7. The SMILES string of the molecule is CCC1=CC=C(F)C(C(C)Br)C=C1C. The number of hydrogen-bond donors (Lipinski definition) is 0. The Bertz CT molecular complexity index is 297. The van der Waals surface area contributed by atoms with Gasteiger partial charge in [-0.2, -0.15) is 0 Å². The van der Waals surface area contributed by atoms with Crippen LogP contribution in [0.5, 0.6) is 0 Å². The van der Waals surface area contributed by atoms with E-state index < -0.39 is 0 Å². The van der Waals surface area contributed by atoms with Crippen molar-refractivity contribution in [2.75, 3.05) is 0 Å². The van der Waals surface area contributed by atoms with Gasteiger partial charge < -0.3 is 0 Å². The van der Waals surface area contributed by atoms with Crippen LogP contribution in [0.15, 0.2) is 35.2 Å². The average molecular weight is 259 g/mol. The number of halogens is 2. The van der Waals surface area contributed by atoms with Gasteiger partial charge in [-0.15, -0.1) is 0 Å². The van der Waals surface area contributed by atoms with Crippen molar-refractivity contribution in [3.8, 4) is 0 Å². The molecule has 0 amide bonds. The Labute approximate surface area is 93.7 Å². The van der Waals surface area contributed by atoms with Crippen molar-refractivity contribution in [2.45, 2.75) is 32.0 Å². The quantitative estimate of drug-likeness (QED) is 0.639. The lowest BCUT2D eigenvalue weighted by Crippen LogP contribution is -2.08. The van der Waals surface area contributed by atoms with Gasteiger partial charge in [0.15, 0.2) is 0 Å². The molecule has 0 aromatic rings. The average Bonchev–Trinajstić information content (AvgIpc) is 2.26. The van der Waals surface area contributed by atoms with Crippen LogP contribution in [0.4, 0.5) is 4.39 Å². The first-order chi connectivity index (χ1) is 6.56. The van der Waals surface area contributed by atoms with Crippen molar-refractivity contribution in [3.63, 3.8) is 0 Å². The minimum absolute atomic E-state index is 0.0582. The first-order valence-electron chi connectivity index (χ1n) is 4.95. The number of alkyl halides is 1. The van der Waals surface area contributed by atoms with Crippen molar-refractivity contribution in [3.05, 3.63) is 35.2 Å². The number of hydrogen-bond acceptors (Lipinski definition) is 0. The van der Waals surface area contributed by atoms with Crippen LogP contribution in [0.25, 0.3) is 0 Å². The van der Waals surface area contributed by atoms with Crippen LogP contribution in [0.1, 0.15) is 27.2 Å². The molecule has 0 radical (unpaired) electrons. The maximum atomic E-state index is 13.6. The largest absolute Gasteiger partial charge is 0.211 e. The van der Waals surface area contributed by atoms with E-state index in [2.05, 4.69) is 22.9 Å². The minimum atomic E-state index is -0.129. The van der Waals surface area contributed by atoms with Gasteiger partial charge in [0.25, 0.3) is 0 Å². The molecule has 78 valence electrons. The number of allylic oxidation sites excluding steroid dienone is 6. The van der Waals surface area contributed by atoms with Gasteiger partial charge in [-0.3, -0.25) is 0 Å². The Morgan fingerprint density at radius 1 is 1.50 bits per heavy atom. The molecule has 14 heavy (non-hydrogen) atoms. The highest BCUT2D eigenvalue weighted by molar-refractivity contribution is 9.09. The molecule has 2 atom stereocenters. The fraction of sp³-hybridized carbons (Fsp3) is 0.500. The van der Waals surface area contributed by atoms with Crippen molar-refractivity contribution >= 4 is 15.9 Å². The summed E-state index contributed by atoms with van der Waals surface area (Å²) in [6, 6.07) is 0. The molecule has 0 aromatic heterocycles. The van der Waals surface area contributed by atoms with Crippen LogP contribution < -0.4 is 0 Å². The first-order valence-corrected chi connectivity index (χ1v) is 5.87. The van der Waals surface area contributed by atoms with Crippen LogP contribution in [-0.2, 0) is 0 Å². The molecule has 2 heteroatoms. The maximum Gasteiger partial charge on any atom is 0.108 e. The molecule has 0 N–H and O–H groups in total. The third-order valence-electron chi connectivity index (χ3n) is 2.57. The predicted molar refractivity (Wildman–Crippen MR) is 63.2 cm³/mol. The highest BCUT2D eigenvalue weighted by atomic mass is 79.9. The topological polar surface area (TPSA) is 0 Å². The molecule has 0 fully saturated rings. The summed E-state index contributed by atoms with van der Waals surface area (Å²) in [7, 11) is 0. The van der Waals surface area contributed by atoms with Gasteiger partial charge in [-0.05, 0) is 25.0 Å². The normalized spacial score (nSPS) is 24.6. The lowest BCUT2D eigenvalue weighted by atomic mass is 9.99. The Morgan fingerprint density at radius 3 is 2.64 bits per heavy atom. The Balaban J connectivity index is 3.03. The van der Waals surface area contributed by atoms with Crippen molar-refractivity contribution < 1.29 is 4.39 Å². The molecule has 0 heterocycles. The fourth-order valence-corrected chi connectivity index (χ4v) is 2.03. The van der Waals surface area contributed by atoms with Gasteiger partial charge in [-0.1, -0.05) is 47.5 Å². The van der Waals surface area contributed by atoms with E-state index in [9.17, 15) is 4.39 Å². The van der Waals surface area contributed by atoms with E-state index in [1.807, 2.05) is 26.0 Å². The van der Waals surface area contributed by atoms with Gasteiger partial charge >= 0.3 is 0 Å². The van der Waals surface area contributed by atoms with Crippen molar-refractivity contribution in [1.29, 1.82) is 0 Å². The van der Waals surface area contributed by atoms with E-state index in [1.54, 1.807) is 6.08 Å².